The number of hydrogen-bond donors (Lipinski definition) is 1. The van der Waals surface area contributed by atoms with Gasteiger partial charge >= 0.3 is 5.97 Å². The number of benzene rings is 2. The van der Waals surface area contributed by atoms with Gasteiger partial charge in [-0.05, 0) is 37.3 Å². The molecule has 0 spiro atoms. The molecule has 1 aromatic heterocycles. The summed E-state index contributed by atoms with van der Waals surface area (Å²) >= 11 is 0. The summed E-state index contributed by atoms with van der Waals surface area (Å²) in [7, 11) is 1.37. The molecular formula is C23H24N2O4. The van der Waals surface area contributed by atoms with Gasteiger partial charge in [0, 0.05) is 18.3 Å². The molecule has 6 heteroatoms. The molecule has 0 amide bonds. The third-order valence-corrected chi connectivity index (χ3v) is 4.41. The van der Waals surface area contributed by atoms with Gasteiger partial charge in [0.15, 0.2) is 0 Å². The molecule has 0 fully saturated rings. The summed E-state index contributed by atoms with van der Waals surface area (Å²) in [4.78, 5) is 16.5. The molecule has 6 nitrogen and oxygen atoms in total. The van der Waals surface area contributed by atoms with E-state index in [0.29, 0.717) is 23.8 Å². The second kappa shape index (κ2) is 9.71. The van der Waals surface area contributed by atoms with Crippen LogP contribution in [0.1, 0.15) is 12.5 Å². The fourth-order valence-corrected chi connectivity index (χ4v) is 2.73. The maximum atomic E-state index is 12.4. The van der Waals surface area contributed by atoms with Crippen molar-refractivity contribution in [3.63, 3.8) is 0 Å². The van der Waals surface area contributed by atoms with E-state index in [1.807, 2.05) is 66.7 Å². The number of ether oxygens (including phenoxy) is 3. The lowest BCUT2D eigenvalue weighted by molar-refractivity contribution is -0.149. The molecule has 29 heavy (non-hydrogen) atoms. The molecule has 3 rings (SSSR count). The SMILES string of the molecule is COC(=O)C(C)(COc1ccccc1)NCc1ccccc1Oc1cccnc1. The van der Waals surface area contributed by atoms with Crippen LogP contribution in [0.3, 0.4) is 0 Å². The van der Waals surface area contributed by atoms with E-state index < -0.39 is 11.5 Å². The number of para-hydroxylation sites is 2. The van der Waals surface area contributed by atoms with Crippen LogP contribution >= 0.6 is 0 Å². The number of pyridine rings is 1. The first-order chi connectivity index (χ1) is 14.1. The number of carbonyl (C=O) groups excluding carboxylic acids is 1. The van der Waals surface area contributed by atoms with Crippen LogP contribution in [0.15, 0.2) is 79.1 Å². The maximum Gasteiger partial charge on any atom is 0.329 e. The van der Waals surface area contributed by atoms with E-state index in [4.69, 9.17) is 14.2 Å². The van der Waals surface area contributed by atoms with Gasteiger partial charge in [-0.1, -0.05) is 36.4 Å². The summed E-state index contributed by atoms with van der Waals surface area (Å²) in [5, 5.41) is 3.26. The number of nitrogens with zero attached hydrogens (tertiary/aromatic N) is 1. The van der Waals surface area contributed by atoms with Crippen molar-refractivity contribution in [3.8, 4) is 17.2 Å². The van der Waals surface area contributed by atoms with Gasteiger partial charge < -0.3 is 14.2 Å². The van der Waals surface area contributed by atoms with Crippen molar-refractivity contribution in [2.24, 2.45) is 0 Å². The Morgan fingerprint density at radius 2 is 1.72 bits per heavy atom. The Balaban J connectivity index is 1.71. The normalized spacial score (nSPS) is 12.6. The predicted octanol–water partition coefficient (Wildman–Crippen LogP) is 3.97. The molecule has 1 N–H and O–H groups in total. The lowest BCUT2D eigenvalue weighted by atomic mass is 10.0. The standard InChI is InChI=1S/C23H24N2O4/c1-23(22(26)27-2,17-28-19-10-4-3-5-11-19)25-15-18-9-6-7-13-21(18)29-20-12-8-14-24-16-20/h3-14,16,25H,15,17H2,1-2H3. The van der Waals surface area contributed by atoms with Crippen LogP contribution in [0.4, 0.5) is 0 Å². The van der Waals surface area contributed by atoms with E-state index in [9.17, 15) is 4.79 Å². The summed E-state index contributed by atoms with van der Waals surface area (Å²) in [6.07, 6.45) is 3.34. The molecule has 0 saturated heterocycles. The topological polar surface area (TPSA) is 69.7 Å². The molecule has 0 aliphatic carbocycles. The van der Waals surface area contributed by atoms with E-state index in [-0.39, 0.29) is 6.61 Å². The summed E-state index contributed by atoms with van der Waals surface area (Å²) in [5.74, 6) is 1.61. The molecule has 1 atom stereocenters. The highest BCUT2D eigenvalue weighted by Crippen LogP contribution is 2.25. The van der Waals surface area contributed by atoms with E-state index in [1.165, 1.54) is 7.11 Å². The first-order valence-electron chi connectivity index (χ1n) is 9.28. The minimum atomic E-state index is -1.04. The molecule has 1 heterocycles. The molecule has 0 saturated carbocycles. The second-order valence-electron chi connectivity index (χ2n) is 6.68. The Labute approximate surface area is 170 Å². The largest absolute Gasteiger partial charge is 0.491 e. The highest BCUT2D eigenvalue weighted by Gasteiger charge is 2.35. The molecule has 150 valence electrons. The summed E-state index contributed by atoms with van der Waals surface area (Å²) in [5.41, 5.74) is -0.141. The smallest absolute Gasteiger partial charge is 0.329 e. The van der Waals surface area contributed by atoms with Crippen LogP contribution in [0.2, 0.25) is 0 Å². The summed E-state index contributed by atoms with van der Waals surface area (Å²) in [6, 6.07) is 20.6. The molecular weight excluding hydrogens is 368 g/mol. The quantitative estimate of drug-likeness (QED) is 0.556. The highest BCUT2D eigenvalue weighted by molar-refractivity contribution is 5.80. The number of methoxy groups -OCH3 is 1. The molecule has 0 aliphatic rings. The van der Waals surface area contributed by atoms with Gasteiger partial charge in [-0.3, -0.25) is 10.3 Å². The van der Waals surface area contributed by atoms with Crippen molar-refractivity contribution in [2.45, 2.75) is 19.0 Å². The average Bonchev–Trinajstić information content (AvgIpc) is 2.78. The zero-order valence-electron chi connectivity index (χ0n) is 16.5. The third kappa shape index (κ3) is 5.56. The van der Waals surface area contributed by atoms with Gasteiger partial charge in [-0.2, -0.15) is 0 Å². The minimum Gasteiger partial charge on any atom is -0.491 e. The number of hydrogen-bond acceptors (Lipinski definition) is 6. The third-order valence-electron chi connectivity index (χ3n) is 4.41. The Hall–Kier alpha value is -3.38. The Kier molecular flexibility index (Phi) is 6.81. The Bertz CT molecular complexity index is 918. The number of esters is 1. The number of aromatic nitrogens is 1. The predicted molar refractivity (Wildman–Crippen MR) is 110 cm³/mol. The van der Waals surface area contributed by atoms with Crippen LogP contribution in [-0.4, -0.2) is 30.2 Å². The fourth-order valence-electron chi connectivity index (χ4n) is 2.73. The number of carbonyl (C=O) groups is 1. The maximum absolute atomic E-state index is 12.4. The van der Waals surface area contributed by atoms with Crippen molar-refractivity contribution < 1.29 is 19.0 Å². The van der Waals surface area contributed by atoms with E-state index in [1.54, 1.807) is 19.3 Å². The van der Waals surface area contributed by atoms with Gasteiger partial charge in [-0.15, -0.1) is 0 Å². The fraction of sp³-hybridized carbons (Fsp3) is 0.217. The minimum absolute atomic E-state index is 0.120. The van der Waals surface area contributed by atoms with Gasteiger partial charge in [0.1, 0.15) is 29.4 Å². The molecule has 0 radical (unpaired) electrons. The van der Waals surface area contributed by atoms with Crippen molar-refractivity contribution >= 4 is 5.97 Å². The van der Waals surface area contributed by atoms with Crippen molar-refractivity contribution in [1.29, 1.82) is 0 Å². The molecule has 0 aliphatic heterocycles. The lowest BCUT2D eigenvalue weighted by Gasteiger charge is -2.28. The zero-order valence-corrected chi connectivity index (χ0v) is 16.5. The molecule has 3 aromatic rings. The monoisotopic (exact) mass is 392 g/mol. The molecule has 2 aromatic carbocycles. The Morgan fingerprint density at radius 1 is 1.00 bits per heavy atom. The van der Waals surface area contributed by atoms with Gasteiger partial charge in [0.2, 0.25) is 0 Å². The first-order valence-corrected chi connectivity index (χ1v) is 9.28. The Morgan fingerprint density at radius 3 is 2.45 bits per heavy atom. The first kappa shape index (κ1) is 20.4. The lowest BCUT2D eigenvalue weighted by Crippen LogP contribution is -2.54. The van der Waals surface area contributed by atoms with Gasteiger partial charge in [0.25, 0.3) is 0 Å². The van der Waals surface area contributed by atoms with E-state index >= 15 is 0 Å². The van der Waals surface area contributed by atoms with Crippen molar-refractivity contribution in [2.75, 3.05) is 13.7 Å². The van der Waals surface area contributed by atoms with E-state index in [2.05, 4.69) is 10.3 Å². The highest BCUT2D eigenvalue weighted by atomic mass is 16.5. The molecule has 1 unspecified atom stereocenters. The van der Waals surface area contributed by atoms with E-state index in [0.717, 1.165) is 5.56 Å². The van der Waals surface area contributed by atoms with Crippen molar-refractivity contribution in [3.05, 3.63) is 84.7 Å². The number of rotatable bonds is 9. The van der Waals surface area contributed by atoms with Crippen LogP contribution in [0.25, 0.3) is 0 Å². The van der Waals surface area contributed by atoms with Crippen LogP contribution in [-0.2, 0) is 16.1 Å². The van der Waals surface area contributed by atoms with Crippen LogP contribution in [0, 0.1) is 0 Å². The zero-order chi connectivity index (χ0) is 20.5. The number of nitrogens with one attached hydrogen (secondary N) is 1. The summed E-state index contributed by atoms with van der Waals surface area (Å²) in [6.45, 7) is 2.27. The van der Waals surface area contributed by atoms with Crippen LogP contribution < -0.4 is 14.8 Å². The molecule has 0 bridgehead atoms. The average molecular weight is 392 g/mol. The van der Waals surface area contributed by atoms with Gasteiger partial charge in [0.05, 0.1) is 13.3 Å². The second-order valence-corrected chi connectivity index (χ2v) is 6.68. The van der Waals surface area contributed by atoms with Crippen molar-refractivity contribution in [1.82, 2.24) is 10.3 Å². The summed E-state index contributed by atoms with van der Waals surface area (Å²) < 4.78 is 16.7. The van der Waals surface area contributed by atoms with Gasteiger partial charge in [-0.25, -0.2) is 4.79 Å². The van der Waals surface area contributed by atoms with Crippen LogP contribution in [0.5, 0.6) is 17.2 Å².